The van der Waals surface area contributed by atoms with Crippen molar-refractivity contribution >= 4 is 21.6 Å². The van der Waals surface area contributed by atoms with Gasteiger partial charge in [-0.2, -0.15) is 0 Å². The zero-order valence-electron chi connectivity index (χ0n) is 16.4. The van der Waals surface area contributed by atoms with Crippen molar-refractivity contribution in [2.24, 2.45) is 5.92 Å². The van der Waals surface area contributed by atoms with E-state index >= 15 is 0 Å². The van der Waals surface area contributed by atoms with E-state index in [0.29, 0.717) is 0 Å². The number of hydrogen-bond donors (Lipinski definition) is 1. The van der Waals surface area contributed by atoms with Crippen molar-refractivity contribution in [2.75, 3.05) is 13.6 Å². The molecule has 0 saturated carbocycles. The lowest BCUT2D eigenvalue weighted by atomic mass is 9.95. The van der Waals surface area contributed by atoms with Crippen LogP contribution in [0.1, 0.15) is 75.8 Å². The van der Waals surface area contributed by atoms with Gasteiger partial charge in [0.25, 0.3) is 0 Å². The van der Waals surface area contributed by atoms with Crippen LogP contribution >= 0.6 is 11.3 Å². The Hall–Kier alpha value is -0.930. The van der Waals surface area contributed by atoms with Crippen LogP contribution in [0.25, 0.3) is 10.2 Å². The van der Waals surface area contributed by atoms with E-state index in [1.165, 1.54) is 72.2 Å². The first kappa shape index (κ1) is 20.4. The first-order chi connectivity index (χ1) is 12.3. The molecule has 3 heteroatoms. The third-order valence-corrected chi connectivity index (χ3v) is 6.21. The van der Waals surface area contributed by atoms with Gasteiger partial charge in [0.05, 0.1) is 15.2 Å². The van der Waals surface area contributed by atoms with Crippen molar-refractivity contribution in [1.29, 1.82) is 0 Å². The SMILES string of the molecule is CCCCCCCCC(CCc1nc2ccc(CC)cc2s1)CNC. The number of rotatable bonds is 13. The molecule has 0 fully saturated rings. The van der Waals surface area contributed by atoms with Gasteiger partial charge in [-0.05, 0) is 62.9 Å². The highest BCUT2D eigenvalue weighted by Gasteiger charge is 2.11. The number of aromatic nitrogens is 1. The van der Waals surface area contributed by atoms with Crippen molar-refractivity contribution in [1.82, 2.24) is 10.3 Å². The normalized spacial score (nSPS) is 12.8. The van der Waals surface area contributed by atoms with Crippen LogP contribution in [0.5, 0.6) is 0 Å². The van der Waals surface area contributed by atoms with E-state index in [9.17, 15) is 0 Å². The molecule has 1 aromatic carbocycles. The van der Waals surface area contributed by atoms with Crippen molar-refractivity contribution < 1.29 is 0 Å². The van der Waals surface area contributed by atoms with Crippen LogP contribution in [-0.2, 0) is 12.8 Å². The maximum atomic E-state index is 4.85. The highest BCUT2D eigenvalue weighted by Crippen LogP contribution is 2.26. The molecule has 1 aromatic heterocycles. The van der Waals surface area contributed by atoms with Crippen LogP contribution in [0, 0.1) is 5.92 Å². The van der Waals surface area contributed by atoms with E-state index in [-0.39, 0.29) is 0 Å². The molecule has 0 aliphatic heterocycles. The molecule has 0 spiro atoms. The topological polar surface area (TPSA) is 24.9 Å². The van der Waals surface area contributed by atoms with Gasteiger partial charge in [0.1, 0.15) is 0 Å². The van der Waals surface area contributed by atoms with E-state index in [4.69, 9.17) is 4.98 Å². The summed E-state index contributed by atoms with van der Waals surface area (Å²) in [5.74, 6) is 0.786. The minimum absolute atomic E-state index is 0.786. The summed E-state index contributed by atoms with van der Waals surface area (Å²) in [6, 6.07) is 6.72. The molecule has 2 nitrogen and oxygen atoms in total. The molecule has 0 aliphatic carbocycles. The van der Waals surface area contributed by atoms with Gasteiger partial charge in [-0.3, -0.25) is 0 Å². The minimum atomic E-state index is 0.786. The molecule has 0 amide bonds. The fourth-order valence-electron chi connectivity index (χ4n) is 3.52. The largest absolute Gasteiger partial charge is 0.319 e. The third-order valence-electron chi connectivity index (χ3n) is 5.13. The van der Waals surface area contributed by atoms with E-state index in [2.05, 4.69) is 44.4 Å². The Balaban J connectivity index is 1.79. The summed E-state index contributed by atoms with van der Waals surface area (Å²) in [6.07, 6.45) is 13.2. The second-order valence-corrected chi connectivity index (χ2v) is 8.40. The molecule has 0 radical (unpaired) electrons. The molecule has 1 N–H and O–H groups in total. The highest BCUT2D eigenvalue weighted by atomic mass is 32.1. The van der Waals surface area contributed by atoms with Crippen LogP contribution in [0.2, 0.25) is 0 Å². The summed E-state index contributed by atoms with van der Waals surface area (Å²) in [5, 5.41) is 4.70. The Labute approximate surface area is 158 Å². The molecule has 0 bridgehead atoms. The molecule has 1 heterocycles. The minimum Gasteiger partial charge on any atom is -0.319 e. The maximum absolute atomic E-state index is 4.85. The first-order valence-electron chi connectivity index (χ1n) is 10.3. The Morgan fingerprint density at radius 1 is 1.04 bits per heavy atom. The number of unbranched alkanes of at least 4 members (excludes halogenated alkanes) is 5. The molecule has 25 heavy (non-hydrogen) atoms. The van der Waals surface area contributed by atoms with Gasteiger partial charge in [-0.1, -0.05) is 58.4 Å². The Kier molecular flexibility index (Phi) is 9.49. The molecule has 1 atom stereocenters. The van der Waals surface area contributed by atoms with Crippen LogP contribution < -0.4 is 5.32 Å². The monoisotopic (exact) mass is 360 g/mol. The van der Waals surface area contributed by atoms with Gasteiger partial charge in [0.15, 0.2) is 0 Å². The van der Waals surface area contributed by atoms with Gasteiger partial charge in [-0.25, -0.2) is 4.98 Å². The van der Waals surface area contributed by atoms with Crippen LogP contribution in [0.3, 0.4) is 0 Å². The number of hydrogen-bond acceptors (Lipinski definition) is 3. The molecular formula is C22H36N2S. The van der Waals surface area contributed by atoms with E-state index in [1.807, 2.05) is 11.3 Å². The molecule has 0 saturated heterocycles. The van der Waals surface area contributed by atoms with Gasteiger partial charge in [0.2, 0.25) is 0 Å². The second kappa shape index (κ2) is 11.6. The molecule has 2 aromatic rings. The van der Waals surface area contributed by atoms with Gasteiger partial charge >= 0.3 is 0 Å². The van der Waals surface area contributed by atoms with Crippen molar-refractivity contribution in [3.8, 4) is 0 Å². The van der Waals surface area contributed by atoms with Gasteiger partial charge < -0.3 is 5.32 Å². The third kappa shape index (κ3) is 7.07. The van der Waals surface area contributed by atoms with E-state index in [0.717, 1.165) is 25.3 Å². The summed E-state index contributed by atoms with van der Waals surface area (Å²) in [5.41, 5.74) is 2.59. The number of aryl methyl sites for hydroxylation is 2. The summed E-state index contributed by atoms with van der Waals surface area (Å²) in [7, 11) is 2.08. The summed E-state index contributed by atoms with van der Waals surface area (Å²) in [6.45, 7) is 5.64. The predicted octanol–water partition coefficient (Wildman–Crippen LogP) is 6.38. The number of fused-ring (bicyclic) bond motifs is 1. The maximum Gasteiger partial charge on any atom is 0.0938 e. The van der Waals surface area contributed by atoms with Crippen molar-refractivity contribution in [3.05, 3.63) is 28.8 Å². The number of benzene rings is 1. The van der Waals surface area contributed by atoms with Gasteiger partial charge in [-0.15, -0.1) is 11.3 Å². The summed E-state index contributed by atoms with van der Waals surface area (Å²) in [4.78, 5) is 4.85. The molecule has 2 rings (SSSR count). The molecular weight excluding hydrogens is 324 g/mol. The van der Waals surface area contributed by atoms with Crippen molar-refractivity contribution in [2.45, 2.75) is 78.1 Å². The van der Waals surface area contributed by atoms with Crippen LogP contribution in [-0.4, -0.2) is 18.6 Å². The average molecular weight is 361 g/mol. The predicted molar refractivity (Wildman–Crippen MR) is 113 cm³/mol. The zero-order valence-corrected chi connectivity index (χ0v) is 17.3. The second-order valence-electron chi connectivity index (χ2n) is 7.28. The molecule has 1 unspecified atom stereocenters. The fourth-order valence-corrected chi connectivity index (χ4v) is 4.57. The summed E-state index contributed by atoms with van der Waals surface area (Å²) >= 11 is 1.89. The van der Waals surface area contributed by atoms with E-state index < -0.39 is 0 Å². The van der Waals surface area contributed by atoms with Crippen LogP contribution in [0.15, 0.2) is 18.2 Å². The quantitative estimate of drug-likeness (QED) is 0.419. The Bertz CT molecular complexity index is 605. The van der Waals surface area contributed by atoms with Crippen molar-refractivity contribution in [3.63, 3.8) is 0 Å². The average Bonchev–Trinajstić information content (AvgIpc) is 3.04. The standard InChI is InChI=1S/C22H36N2S/c1-4-6-7-8-9-10-11-19(17-23-3)13-15-22-24-20-14-12-18(5-2)16-21(20)25-22/h12,14,16,19,23H,4-11,13,15,17H2,1-3H3. The lowest BCUT2D eigenvalue weighted by Crippen LogP contribution is -2.19. The highest BCUT2D eigenvalue weighted by molar-refractivity contribution is 7.18. The molecule has 140 valence electrons. The van der Waals surface area contributed by atoms with Crippen LogP contribution in [0.4, 0.5) is 0 Å². The lowest BCUT2D eigenvalue weighted by molar-refractivity contribution is 0.409. The number of nitrogens with one attached hydrogen (secondary N) is 1. The number of nitrogens with zero attached hydrogens (tertiary/aromatic N) is 1. The number of thiazole rings is 1. The van der Waals surface area contributed by atoms with Gasteiger partial charge in [0, 0.05) is 0 Å². The molecule has 0 aliphatic rings. The summed E-state index contributed by atoms with van der Waals surface area (Å²) < 4.78 is 1.36. The lowest BCUT2D eigenvalue weighted by Gasteiger charge is -2.15. The Morgan fingerprint density at radius 2 is 1.84 bits per heavy atom. The first-order valence-corrected chi connectivity index (χ1v) is 11.1. The fraction of sp³-hybridized carbons (Fsp3) is 0.682. The smallest absolute Gasteiger partial charge is 0.0938 e. The van der Waals surface area contributed by atoms with E-state index in [1.54, 1.807) is 0 Å². The zero-order chi connectivity index (χ0) is 17.9. The Morgan fingerprint density at radius 3 is 2.60 bits per heavy atom.